The van der Waals surface area contributed by atoms with Crippen LogP contribution in [0.5, 0.6) is 11.5 Å². The Kier molecular flexibility index (Phi) is 5.46. The largest absolute Gasteiger partial charge is 0.457 e. The van der Waals surface area contributed by atoms with E-state index in [2.05, 4.69) is 36.4 Å². The molecule has 0 fully saturated rings. The Balaban J connectivity index is 1.60. The first-order chi connectivity index (χ1) is 14.0. The summed E-state index contributed by atoms with van der Waals surface area (Å²) >= 11 is 9.56. The van der Waals surface area contributed by atoms with Crippen LogP contribution in [0.4, 0.5) is 11.6 Å². The molecule has 29 heavy (non-hydrogen) atoms. The molecule has 0 bridgehead atoms. The molecule has 0 aliphatic rings. The molecule has 1 N–H and O–H groups in total. The molecule has 4 aromatic rings. The third-order valence-electron chi connectivity index (χ3n) is 4.28. The van der Waals surface area contributed by atoms with E-state index in [1.54, 1.807) is 18.3 Å². The molecule has 4 rings (SSSR count). The van der Waals surface area contributed by atoms with Crippen LogP contribution in [-0.4, -0.2) is 14.5 Å². The number of fused-ring (bicyclic) bond motifs is 1. The van der Waals surface area contributed by atoms with Gasteiger partial charge in [-0.05, 0) is 52.3 Å². The van der Waals surface area contributed by atoms with Crippen LogP contribution < -0.4 is 10.1 Å². The molecule has 146 valence electrons. The fourth-order valence-corrected chi connectivity index (χ4v) is 3.29. The minimum Gasteiger partial charge on any atom is -0.457 e. The third-order valence-corrected chi connectivity index (χ3v) is 5.51. The number of rotatable bonds is 6. The van der Waals surface area contributed by atoms with Gasteiger partial charge in [0.05, 0.1) is 21.7 Å². The lowest BCUT2D eigenvalue weighted by Crippen LogP contribution is -1.98. The second-order valence-electron chi connectivity index (χ2n) is 6.27. The van der Waals surface area contributed by atoms with Crippen LogP contribution in [0.3, 0.4) is 0 Å². The van der Waals surface area contributed by atoms with Crippen molar-refractivity contribution in [2.45, 2.75) is 6.54 Å². The smallest absolute Gasteiger partial charge is 0.208 e. The van der Waals surface area contributed by atoms with Crippen LogP contribution in [0.15, 0.2) is 64.4 Å². The predicted octanol–water partition coefficient (Wildman–Crippen LogP) is 6.19. The SMILES string of the molecule is Cn1c(Nc2ccc(Br)c(Cl)c2)nc2cc(Oc3ccnc(CN=O)c3)ccc21. The molecule has 0 aliphatic heterocycles. The average Bonchev–Trinajstić information content (AvgIpc) is 3.00. The molecule has 7 nitrogen and oxygen atoms in total. The molecular weight excluding hydrogens is 458 g/mol. The zero-order chi connectivity index (χ0) is 20.4. The Morgan fingerprint density at radius 3 is 2.79 bits per heavy atom. The van der Waals surface area contributed by atoms with E-state index in [0.29, 0.717) is 28.2 Å². The molecule has 0 aliphatic carbocycles. The second kappa shape index (κ2) is 8.18. The molecule has 0 radical (unpaired) electrons. The van der Waals surface area contributed by atoms with Crippen molar-refractivity contribution in [3.8, 4) is 11.5 Å². The molecule has 2 aromatic carbocycles. The Morgan fingerprint density at radius 1 is 1.17 bits per heavy atom. The molecule has 2 heterocycles. The van der Waals surface area contributed by atoms with E-state index >= 15 is 0 Å². The number of nitroso groups, excluding NO2 is 1. The number of pyridine rings is 1. The number of benzene rings is 2. The zero-order valence-electron chi connectivity index (χ0n) is 15.3. The molecule has 0 saturated heterocycles. The van der Waals surface area contributed by atoms with Crippen LogP contribution in [0, 0.1) is 4.91 Å². The molecule has 0 amide bonds. The summed E-state index contributed by atoms with van der Waals surface area (Å²) in [6.45, 7) is 0.00553. The van der Waals surface area contributed by atoms with Gasteiger partial charge in [-0.1, -0.05) is 16.8 Å². The molecule has 0 saturated carbocycles. The van der Waals surface area contributed by atoms with Crippen LogP contribution in [0.1, 0.15) is 5.69 Å². The molecule has 0 spiro atoms. The summed E-state index contributed by atoms with van der Waals surface area (Å²) in [6.07, 6.45) is 1.58. The third kappa shape index (κ3) is 4.23. The number of anilines is 2. The van der Waals surface area contributed by atoms with Gasteiger partial charge in [0.1, 0.15) is 18.0 Å². The molecule has 0 atom stereocenters. The van der Waals surface area contributed by atoms with Crippen LogP contribution in [0.2, 0.25) is 5.02 Å². The topological polar surface area (TPSA) is 81.4 Å². The van der Waals surface area contributed by atoms with Gasteiger partial charge in [0, 0.05) is 35.5 Å². The van der Waals surface area contributed by atoms with E-state index in [1.807, 2.05) is 48.0 Å². The van der Waals surface area contributed by atoms with Gasteiger partial charge in [-0.2, -0.15) is 4.91 Å². The number of nitrogens with zero attached hydrogens (tertiary/aromatic N) is 4. The van der Waals surface area contributed by atoms with Gasteiger partial charge < -0.3 is 14.6 Å². The van der Waals surface area contributed by atoms with Crippen molar-refractivity contribution >= 4 is 50.2 Å². The summed E-state index contributed by atoms with van der Waals surface area (Å²) in [6, 6.07) is 14.7. The second-order valence-corrected chi connectivity index (χ2v) is 7.53. The lowest BCUT2D eigenvalue weighted by atomic mass is 10.3. The van der Waals surface area contributed by atoms with E-state index < -0.39 is 0 Å². The summed E-state index contributed by atoms with van der Waals surface area (Å²) in [7, 11) is 1.93. The summed E-state index contributed by atoms with van der Waals surface area (Å²) < 4.78 is 8.68. The standard InChI is InChI=1S/C20H15BrClN5O2/c1-27-19-5-3-14(29-15-6-7-23-13(8-15)11-24-28)10-18(19)26-20(27)25-12-2-4-16(21)17(22)9-12/h2-10H,11H2,1H3,(H,25,26). The van der Waals surface area contributed by atoms with Crippen LogP contribution >= 0.6 is 27.5 Å². The number of hydrogen-bond donors (Lipinski definition) is 1. The predicted molar refractivity (Wildman–Crippen MR) is 117 cm³/mol. The molecule has 0 unspecified atom stereocenters. The van der Waals surface area contributed by atoms with Crippen molar-refractivity contribution in [1.82, 2.24) is 14.5 Å². The molecule has 2 aromatic heterocycles. The van der Waals surface area contributed by atoms with Crippen LogP contribution in [0.25, 0.3) is 11.0 Å². The highest BCUT2D eigenvalue weighted by atomic mass is 79.9. The van der Waals surface area contributed by atoms with Crippen molar-refractivity contribution in [2.75, 3.05) is 5.32 Å². The highest BCUT2D eigenvalue weighted by molar-refractivity contribution is 9.10. The maximum absolute atomic E-state index is 10.4. The van der Waals surface area contributed by atoms with Gasteiger partial charge in [-0.3, -0.25) is 4.98 Å². The monoisotopic (exact) mass is 471 g/mol. The maximum atomic E-state index is 10.4. The number of nitrogens with one attached hydrogen (secondary N) is 1. The first-order valence-corrected chi connectivity index (χ1v) is 9.81. The van der Waals surface area contributed by atoms with E-state index in [-0.39, 0.29) is 6.54 Å². The quantitative estimate of drug-likeness (QED) is 0.339. The van der Waals surface area contributed by atoms with Gasteiger partial charge in [-0.15, -0.1) is 0 Å². The summed E-state index contributed by atoms with van der Waals surface area (Å²) in [4.78, 5) is 19.2. The Labute approximate surface area is 179 Å². The maximum Gasteiger partial charge on any atom is 0.208 e. The first-order valence-electron chi connectivity index (χ1n) is 8.64. The number of imidazole rings is 1. The first kappa shape index (κ1) is 19.4. The van der Waals surface area contributed by atoms with Crippen molar-refractivity contribution in [2.24, 2.45) is 12.2 Å². The summed E-state index contributed by atoms with van der Waals surface area (Å²) in [5.74, 6) is 1.89. The number of aromatic nitrogens is 3. The summed E-state index contributed by atoms with van der Waals surface area (Å²) in [5.41, 5.74) is 3.11. The Hall–Kier alpha value is -2.97. The lowest BCUT2D eigenvalue weighted by molar-refractivity contribution is 0.481. The summed E-state index contributed by atoms with van der Waals surface area (Å²) in [5, 5.41) is 6.75. The Morgan fingerprint density at radius 2 is 2.00 bits per heavy atom. The normalized spacial score (nSPS) is 10.9. The van der Waals surface area contributed by atoms with Crippen molar-refractivity contribution in [3.63, 3.8) is 0 Å². The van der Waals surface area contributed by atoms with Gasteiger partial charge in [0.15, 0.2) is 0 Å². The minimum atomic E-state index is 0.00553. The van der Waals surface area contributed by atoms with E-state index in [9.17, 15) is 4.91 Å². The Bertz CT molecular complexity index is 1210. The minimum absolute atomic E-state index is 0.00553. The lowest BCUT2D eigenvalue weighted by Gasteiger charge is -2.07. The van der Waals surface area contributed by atoms with E-state index in [1.165, 1.54) is 0 Å². The molecular formula is C20H15BrClN5O2. The number of ether oxygens (including phenoxy) is 1. The average molecular weight is 473 g/mol. The van der Waals surface area contributed by atoms with Crippen molar-refractivity contribution in [3.05, 3.63) is 74.8 Å². The number of aryl methyl sites for hydroxylation is 1. The van der Waals surface area contributed by atoms with Gasteiger partial charge in [0.2, 0.25) is 5.95 Å². The molecule has 9 heteroatoms. The van der Waals surface area contributed by atoms with Gasteiger partial charge >= 0.3 is 0 Å². The fourth-order valence-electron chi connectivity index (χ4n) is 2.87. The highest BCUT2D eigenvalue weighted by Crippen LogP contribution is 2.30. The van der Waals surface area contributed by atoms with Crippen LogP contribution in [-0.2, 0) is 13.6 Å². The van der Waals surface area contributed by atoms with Crippen molar-refractivity contribution < 1.29 is 4.74 Å². The van der Waals surface area contributed by atoms with Gasteiger partial charge in [-0.25, -0.2) is 4.98 Å². The van der Waals surface area contributed by atoms with E-state index in [0.717, 1.165) is 21.2 Å². The number of hydrogen-bond acceptors (Lipinski definition) is 6. The van der Waals surface area contributed by atoms with Crippen molar-refractivity contribution in [1.29, 1.82) is 0 Å². The fraction of sp³-hybridized carbons (Fsp3) is 0.100. The highest BCUT2D eigenvalue weighted by Gasteiger charge is 2.10. The van der Waals surface area contributed by atoms with Gasteiger partial charge in [0.25, 0.3) is 0 Å². The van der Waals surface area contributed by atoms with E-state index in [4.69, 9.17) is 16.3 Å². The number of halogens is 2. The zero-order valence-corrected chi connectivity index (χ0v) is 17.6.